The third-order valence-electron chi connectivity index (χ3n) is 5.71. The van der Waals surface area contributed by atoms with Crippen LogP contribution in [0.25, 0.3) is 0 Å². The molecule has 29 heavy (non-hydrogen) atoms. The van der Waals surface area contributed by atoms with Gasteiger partial charge in [0.05, 0.1) is 12.2 Å². The Labute approximate surface area is 179 Å². The van der Waals surface area contributed by atoms with E-state index in [1.165, 1.54) is 11.1 Å². The van der Waals surface area contributed by atoms with Crippen LogP contribution < -0.4 is 0 Å². The van der Waals surface area contributed by atoms with Crippen molar-refractivity contribution in [3.8, 4) is 0 Å². The summed E-state index contributed by atoms with van der Waals surface area (Å²) < 4.78 is 14.2. The second kappa shape index (κ2) is 11.7. The van der Waals surface area contributed by atoms with Crippen molar-refractivity contribution in [2.75, 3.05) is 0 Å². The molecule has 2 nitrogen and oxygen atoms in total. The first-order valence-electron chi connectivity index (χ1n) is 11.4. The highest BCUT2D eigenvalue weighted by atomic mass is 28.4. The molecule has 0 aliphatic carbocycles. The first-order valence-corrected chi connectivity index (χ1v) is 13.4. The monoisotopic (exact) mass is 412 g/mol. The summed E-state index contributed by atoms with van der Waals surface area (Å²) in [5.74, 6) is 0. The summed E-state index contributed by atoms with van der Waals surface area (Å²) in [5, 5.41) is 0. The highest BCUT2D eigenvalue weighted by molar-refractivity contribution is 6.70. The average molecular weight is 413 g/mol. The van der Waals surface area contributed by atoms with Gasteiger partial charge in [-0.25, -0.2) is 0 Å². The van der Waals surface area contributed by atoms with Crippen LogP contribution in [-0.4, -0.2) is 8.56 Å². The van der Waals surface area contributed by atoms with Crippen molar-refractivity contribution in [1.29, 1.82) is 0 Å². The van der Waals surface area contributed by atoms with E-state index in [1.807, 2.05) is 0 Å². The van der Waals surface area contributed by atoms with E-state index >= 15 is 0 Å². The maximum atomic E-state index is 7.10. The van der Waals surface area contributed by atoms with Crippen LogP contribution in [0.1, 0.15) is 90.6 Å². The van der Waals surface area contributed by atoms with Crippen LogP contribution in [0.3, 0.4) is 0 Å². The fourth-order valence-electron chi connectivity index (χ4n) is 4.13. The number of benzene rings is 2. The molecule has 0 saturated carbocycles. The Morgan fingerprint density at radius 2 is 0.966 bits per heavy atom. The lowest BCUT2D eigenvalue weighted by Crippen LogP contribution is -2.50. The predicted molar refractivity (Wildman–Crippen MR) is 126 cm³/mol. The van der Waals surface area contributed by atoms with E-state index in [0.29, 0.717) is 11.1 Å². The summed E-state index contributed by atoms with van der Waals surface area (Å²) in [4.78, 5) is 0. The summed E-state index contributed by atoms with van der Waals surface area (Å²) in [6.45, 7) is 13.6. The van der Waals surface area contributed by atoms with E-state index in [-0.39, 0.29) is 12.2 Å². The molecule has 3 heteroatoms. The summed E-state index contributed by atoms with van der Waals surface area (Å²) in [5.41, 5.74) is 3.27. The summed E-state index contributed by atoms with van der Waals surface area (Å²) in [6.07, 6.45) is 4.41. The lowest BCUT2D eigenvalue weighted by molar-refractivity contribution is 0.0573. The largest absolute Gasteiger partial charge is 0.387 e. The zero-order chi connectivity index (χ0) is 21.3. The molecule has 0 bridgehead atoms. The molecule has 2 unspecified atom stereocenters. The fraction of sp³-hybridized carbons (Fsp3) is 0.538. The Kier molecular flexibility index (Phi) is 9.61. The van der Waals surface area contributed by atoms with Gasteiger partial charge in [0.25, 0.3) is 0 Å². The zero-order valence-electron chi connectivity index (χ0n) is 19.2. The molecular formula is C26H40O2Si. The van der Waals surface area contributed by atoms with Gasteiger partial charge in [-0.15, -0.1) is 0 Å². The zero-order valence-corrected chi connectivity index (χ0v) is 20.2. The Morgan fingerprint density at radius 1 is 0.621 bits per heavy atom. The molecule has 2 atom stereocenters. The van der Waals surface area contributed by atoms with Crippen LogP contribution in [0.5, 0.6) is 0 Å². The van der Waals surface area contributed by atoms with Crippen molar-refractivity contribution in [2.24, 2.45) is 0 Å². The number of rotatable bonds is 12. The minimum absolute atomic E-state index is 0.0933. The first-order chi connectivity index (χ1) is 13.9. The van der Waals surface area contributed by atoms with Gasteiger partial charge < -0.3 is 8.85 Å². The third-order valence-corrected chi connectivity index (χ3v) is 10.2. The minimum atomic E-state index is -2.52. The second-order valence-electron chi connectivity index (χ2n) is 8.64. The van der Waals surface area contributed by atoms with Gasteiger partial charge in [0.1, 0.15) is 0 Å². The quantitative estimate of drug-likeness (QED) is 0.326. The standard InChI is InChI=1S/C26H40O2Si/c1-7-15-25(23-17-11-9-12-18-23)27-29(21(3)4,22(5)6)28-26(16-8-2)24-19-13-10-14-20-24/h9-14,17-22,25-26H,7-8,15-16H2,1-6H3. The van der Waals surface area contributed by atoms with Gasteiger partial charge in [-0.05, 0) is 35.1 Å². The molecule has 0 heterocycles. The minimum Gasteiger partial charge on any atom is -0.387 e. The predicted octanol–water partition coefficient (Wildman–Crippen LogP) is 8.36. The highest BCUT2D eigenvalue weighted by Crippen LogP contribution is 2.43. The Bertz CT molecular complexity index is 623. The maximum Gasteiger partial charge on any atom is 0.344 e. The lowest BCUT2D eigenvalue weighted by Gasteiger charge is -2.43. The maximum absolute atomic E-state index is 7.10. The van der Waals surface area contributed by atoms with Crippen molar-refractivity contribution in [3.05, 3.63) is 71.8 Å². The van der Waals surface area contributed by atoms with Crippen molar-refractivity contribution < 1.29 is 8.85 Å². The average Bonchev–Trinajstić information content (AvgIpc) is 2.73. The van der Waals surface area contributed by atoms with Gasteiger partial charge in [0.2, 0.25) is 0 Å². The lowest BCUT2D eigenvalue weighted by atomic mass is 10.1. The van der Waals surface area contributed by atoms with E-state index in [9.17, 15) is 0 Å². The van der Waals surface area contributed by atoms with Gasteiger partial charge in [-0.1, -0.05) is 115 Å². The van der Waals surface area contributed by atoms with Crippen molar-refractivity contribution in [3.63, 3.8) is 0 Å². The topological polar surface area (TPSA) is 18.5 Å². The van der Waals surface area contributed by atoms with E-state index in [1.54, 1.807) is 0 Å². The molecule has 0 aliphatic rings. The van der Waals surface area contributed by atoms with Gasteiger partial charge in [0.15, 0.2) is 0 Å². The summed E-state index contributed by atoms with van der Waals surface area (Å²) >= 11 is 0. The molecule has 160 valence electrons. The van der Waals surface area contributed by atoms with E-state index < -0.39 is 8.56 Å². The molecule has 2 aromatic rings. The number of hydrogen-bond acceptors (Lipinski definition) is 2. The summed E-state index contributed by atoms with van der Waals surface area (Å²) in [7, 11) is -2.52. The SMILES string of the molecule is CCCC(O[Si](OC(CCC)c1ccccc1)(C(C)C)C(C)C)c1ccccc1. The Balaban J connectivity index is 2.40. The molecule has 2 aromatic carbocycles. The fourth-order valence-corrected chi connectivity index (χ4v) is 8.01. The van der Waals surface area contributed by atoms with Gasteiger partial charge in [0, 0.05) is 0 Å². The Morgan fingerprint density at radius 3 is 1.24 bits per heavy atom. The van der Waals surface area contributed by atoms with E-state index in [2.05, 4.69) is 102 Å². The molecule has 0 amide bonds. The van der Waals surface area contributed by atoms with Crippen LogP contribution in [0, 0.1) is 0 Å². The van der Waals surface area contributed by atoms with Gasteiger partial charge in [-0.2, -0.15) is 0 Å². The van der Waals surface area contributed by atoms with Crippen LogP contribution >= 0.6 is 0 Å². The first kappa shape index (κ1) is 23.9. The van der Waals surface area contributed by atoms with Crippen LogP contribution in [0.2, 0.25) is 11.1 Å². The second-order valence-corrected chi connectivity index (χ2v) is 12.9. The molecule has 0 radical (unpaired) electrons. The molecule has 0 aromatic heterocycles. The highest BCUT2D eigenvalue weighted by Gasteiger charge is 2.48. The third kappa shape index (κ3) is 6.28. The molecular weight excluding hydrogens is 372 g/mol. The molecule has 0 fully saturated rings. The summed E-state index contributed by atoms with van der Waals surface area (Å²) in [6, 6.07) is 21.4. The smallest absolute Gasteiger partial charge is 0.344 e. The normalized spacial score (nSPS) is 14.3. The van der Waals surface area contributed by atoms with Crippen LogP contribution in [-0.2, 0) is 8.85 Å². The molecule has 0 aliphatic heterocycles. The molecule has 0 spiro atoms. The molecule has 0 N–H and O–H groups in total. The molecule has 2 rings (SSSR count). The van der Waals surface area contributed by atoms with Gasteiger partial charge in [-0.3, -0.25) is 0 Å². The molecule has 0 saturated heterocycles. The van der Waals surface area contributed by atoms with E-state index in [4.69, 9.17) is 8.85 Å². The number of hydrogen-bond donors (Lipinski definition) is 0. The van der Waals surface area contributed by atoms with Crippen molar-refractivity contribution in [2.45, 2.75) is 90.5 Å². The van der Waals surface area contributed by atoms with Gasteiger partial charge >= 0.3 is 8.56 Å². The van der Waals surface area contributed by atoms with Crippen LogP contribution in [0.4, 0.5) is 0 Å². The van der Waals surface area contributed by atoms with E-state index in [0.717, 1.165) is 25.7 Å². The van der Waals surface area contributed by atoms with Crippen molar-refractivity contribution in [1.82, 2.24) is 0 Å². The Hall–Kier alpha value is -1.42. The van der Waals surface area contributed by atoms with Crippen molar-refractivity contribution >= 4 is 8.56 Å². The van der Waals surface area contributed by atoms with Crippen LogP contribution in [0.15, 0.2) is 60.7 Å².